The van der Waals surface area contributed by atoms with E-state index in [1.54, 1.807) is 6.07 Å². The van der Waals surface area contributed by atoms with Crippen LogP contribution in [0, 0.1) is 0 Å². The molecule has 2 heterocycles. The smallest absolute Gasteiger partial charge is 0.163 e. The normalized spacial score (nSPS) is 17.7. The second-order valence-electron chi connectivity index (χ2n) is 6.74. The molecule has 0 spiro atoms. The minimum atomic E-state index is 0.501. The summed E-state index contributed by atoms with van der Waals surface area (Å²) >= 11 is 12.7. The van der Waals surface area contributed by atoms with E-state index in [1.807, 2.05) is 30.3 Å². The van der Waals surface area contributed by atoms with Gasteiger partial charge in [-0.1, -0.05) is 48.3 Å². The maximum atomic E-state index is 6.45. The summed E-state index contributed by atoms with van der Waals surface area (Å²) in [4.78, 5) is 12.2. The van der Waals surface area contributed by atoms with Gasteiger partial charge in [-0.3, -0.25) is 0 Å². The van der Waals surface area contributed by atoms with E-state index >= 15 is 0 Å². The fraction of sp³-hybridized carbons (Fsp3) is 0.333. The molecule has 134 valence electrons. The first kappa shape index (κ1) is 17.6. The Morgan fingerprint density at radius 2 is 1.88 bits per heavy atom. The largest absolute Gasteiger partial charge is 0.353 e. The minimum absolute atomic E-state index is 0.501. The van der Waals surface area contributed by atoms with Crippen molar-refractivity contribution in [3.05, 3.63) is 52.5 Å². The van der Waals surface area contributed by atoms with Crippen molar-refractivity contribution in [2.24, 2.45) is 0 Å². The molecule has 1 saturated heterocycles. The van der Waals surface area contributed by atoms with Crippen LogP contribution in [0.3, 0.4) is 0 Å². The number of fused-ring (bicyclic) bond motifs is 1. The van der Waals surface area contributed by atoms with Crippen molar-refractivity contribution < 1.29 is 0 Å². The minimum Gasteiger partial charge on any atom is -0.353 e. The highest BCUT2D eigenvalue weighted by atomic mass is 35.5. The molecule has 1 aromatic heterocycles. The average molecular weight is 386 g/mol. The molecule has 1 atom stereocenters. The topological polar surface area (TPSA) is 29.0 Å². The van der Waals surface area contributed by atoms with Gasteiger partial charge in [-0.25, -0.2) is 9.97 Å². The Hall–Kier alpha value is -1.84. The van der Waals surface area contributed by atoms with Crippen molar-refractivity contribution in [1.29, 1.82) is 0 Å². The monoisotopic (exact) mass is 385 g/mol. The van der Waals surface area contributed by atoms with Gasteiger partial charge in [-0.15, -0.1) is 0 Å². The predicted octanol–water partition coefficient (Wildman–Crippen LogP) is 6.37. The molecule has 4 rings (SSSR count). The SMILES string of the molecule is CC[C@@H]1CCCCN1c1nc(-c2cccc(Cl)c2Cl)nc2ccccc12. The number of nitrogens with zero attached hydrogens (tertiary/aromatic N) is 3. The van der Waals surface area contributed by atoms with Gasteiger partial charge in [0.2, 0.25) is 0 Å². The van der Waals surface area contributed by atoms with E-state index in [4.69, 9.17) is 33.2 Å². The molecule has 1 aliphatic rings. The van der Waals surface area contributed by atoms with Crippen LogP contribution in [-0.4, -0.2) is 22.6 Å². The summed E-state index contributed by atoms with van der Waals surface area (Å²) in [5.41, 5.74) is 1.71. The molecule has 0 unspecified atom stereocenters. The molecule has 2 aromatic carbocycles. The van der Waals surface area contributed by atoms with E-state index in [0.29, 0.717) is 21.9 Å². The highest BCUT2D eigenvalue weighted by Crippen LogP contribution is 2.36. The molecule has 3 nitrogen and oxygen atoms in total. The van der Waals surface area contributed by atoms with Gasteiger partial charge in [0.15, 0.2) is 5.82 Å². The first-order chi connectivity index (χ1) is 12.7. The molecule has 0 radical (unpaired) electrons. The summed E-state index contributed by atoms with van der Waals surface area (Å²) in [6.07, 6.45) is 4.81. The van der Waals surface area contributed by atoms with Gasteiger partial charge >= 0.3 is 0 Å². The zero-order chi connectivity index (χ0) is 18.1. The summed E-state index contributed by atoms with van der Waals surface area (Å²) in [5.74, 6) is 1.64. The van der Waals surface area contributed by atoms with Crippen LogP contribution in [0.5, 0.6) is 0 Å². The van der Waals surface area contributed by atoms with Crippen LogP contribution in [0.4, 0.5) is 5.82 Å². The van der Waals surface area contributed by atoms with Crippen LogP contribution in [0.1, 0.15) is 32.6 Å². The molecule has 5 heteroatoms. The van der Waals surface area contributed by atoms with Crippen LogP contribution in [0.25, 0.3) is 22.3 Å². The number of benzene rings is 2. The number of para-hydroxylation sites is 1. The first-order valence-corrected chi connectivity index (χ1v) is 9.92. The van der Waals surface area contributed by atoms with E-state index in [2.05, 4.69) is 17.9 Å². The second-order valence-corrected chi connectivity index (χ2v) is 7.53. The van der Waals surface area contributed by atoms with Gasteiger partial charge in [0.25, 0.3) is 0 Å². The molecule has 0 amide bonds. The maximum absolute atomic E-state index is 6.45. The van der Waals surface area contributed by atoms with Crippen molar-refractivity contribution in [3.63, 3.8) is 0 Å². The number of hydrogen-bond donors (Lipinski definition) is 0. The lowest BCUT2D eigenvalue weighted by Crippen LogP contribution is -2.39. The Labute approximate surface area is 164 Å². The molecule has 0 bridgehead atoms. The zero-order valence-electron chi connectivity index (χ0n) is 14.8. The van der Waals surface area contributed by atoms with Crippen molar-refractivity contribution in [1.82, 2.24) is 9.97 Å². The number of anilines is 1. The average Bonchev–Trinajstić information content (AvgIpc) is 2.69. The summed E-state index contributed by atoms with van der Waals surface area (Å²) in [7, 11) is 0. The van der Waals surface area contributed by atoms with Crippen LogP contribution in [-0.2, 0) is 0 Å². The Morgan fingerprint density at radius 1 is 1.04 bits per heavy atom. The third-order valence-electron chi connectivity index (χ3n) is 5.15. The van der Waals surface area contributed by atoms with Crippen LogP contribution < -0.4 is 4.90 Å². The Morgan fingerprint density at radius 3 is 2.73 bits per heavy atom. The highest BCUT2D eigenvalue weighted by molar-refractivity contribution is 6.43. The molecule has 3 aromatic rings. The maximum Gasteiger partial charge on any atom is 0.163 e. The van der Waals surface area contributed by atoms with Gasteiger partial charge in [0.05, 0.1) is 15.6 Å². The molecule has 0 N–H and O–H groups in total. The van der Waals surface area contributed by atoms with Crippen LogP contribution in [0.2, 0.25) is 10.0 Å². The number of piperidine rings is 1. The third kappa shape index (κ3) is 3.15. The molecule has 1 fully saturated rings. The Bertz CT molecular complexity index is 942. The molecule has 26 heavy (non-hydrogen) atoms. The van der Waals surface area contributed by atoms with E-state index in [9.17, 15) is 0 Å². The molecular weight excluding hydrogens is 365 g/mol. The summed E-state index contributed by atoms with van der Waals surface area (Å²) in [5, 5.41) is 2.11. The van der Waals surface area contributed by atoms with E-state index in [-0.39, 0.29) is 0 Å². The summed E-state index contributed by atoms with van der Waals surface area (Å²) < 4.78 is 0. The second kappa shape index (κ2) is 7.42. The van der Waals surface area contributed by atoms with E-state index in [0.717, 1.165) is 35.2 Å². The number of rotatable bonds is 3. The number of halogens is 2. The van der Waals surface area contributed by atoms with Crippen molar-refractivity contribution >= 4 is 39.9 Å². The summed E-state index contributed by atoms with van der Waals surface area (Å²) in [6.45, 7) is 3.28. The van der Waals surface area contributed by atoms with Crippen LogP contribution in [0.15, 0.2) is 42.5 Å². The Kier molecular flexibility index (Phi) is 5.01. The molecule has 0 saturated carbocycles. The molecule has 0 aliphatic carbocycles. The molecule has 1 aliphatic heterocycles. The zero-order valence-corrected chi connectivity index (χ0v) is 16.3. The van der Waals surface area contributed by atoms with Gasteiger partial charge in [-0.05, 0) is 49.9 Å². The fourth-order valence-corrected chi connectivity index (χ4v) is 4.16. The third-order valence-corrected chi connectivity index (χ3v) is 5.96. The lowest BCUT2D eigenvalue weighted by Gasteiger charge is -2.37. The quantitative estimate of drug-likeness (QED) is 0.524. The van der Waals surface area contributed by atoms with E-state index < -0.39 is 0 Å². The van der Waals surface area contributed by atoms with Crippen molar-refractivity contribution in [3.8, 4) is 11.4 Å². The van der Waals surface area contributed by atoms with Gasteiger partial charge in [0.1, 0.15) is 5.82 Å². The number of hydrogen-bond acceptors (Lipinski definition) is 3. The van der Waals surface area contributed by atoms with Gasteiger partial charge in [0, 0.05) is 23.5 Å². The Balaban J connectivity index is 1.93. The summed E-state index contributed by atoms with van der Waals surface area (Å²) in [6, 6.07) is 14.3. The molecular formula is C21H21Cl2N3. The van der Waals surface area contributed by atoms with Gasteiger partial charge in [-0.2, -0.15) is 0 Å². The lowest BCUT2D eigenvalue weighted by molar-refractivity contribution is 0.448. The van der Waals surface area contributed by atoms with Crippen molar-refractivity contribution in [2.45, 2.75) is 38.6 Å². The predicted molar refractivity (Wildman–Crippen MR) is 110 cm³/mol. The first-order valence-electron chi connectivity index (χ1n) is 9.17. The number of aromatic nitrogens is 2. The highest BCUT2D eigenvalue weighted by Gasteiger charge is 2.25. The van der Waals surface area contributed by atoms with Crippen LogP contribution >= 0.6 is 23.2 Å². The van der Waals surface area contributed by atoms with E-state index in [1.165, 1.54) is 19.3 Å². The fourth-order valence-electron chi connectivity index (χ4n) is 3.78. The van der Waals surface area contributed by atoms with Gasteiger partial charge < -0.3 is 4.90 Å². The van der Waals surface area contributed by atoms with Crippen molar-refractivity contribution in [2.75, 3.05) is 11.4 Å². The lowest BCUT2D eigenvalue weighted by atomic mass is 9.99. The standard InChI is InChI=1S/C21H21Cl2N3/c1-2-14-8-5-6-13-26(14)21-15-9-3-4-12-18(15)24-20(25-21)16-10-7-11-17(22)19(16)23/h3-4,7,9-12,14H,2,5-6,8,13H2,1H3/t14-/m1/s1.